The van der Waals surface area contributed by atoms with E-state index < -0.39 is 0 Å². The number of thiocarbonyl (C=S) groups is 1. The number of piperidine rings is 1. The number of benzene rings is 1. The van der Waals surface area contributed by atoms with Crippen molar-refractivity contribution >= 4 is 23.3 Å². The fourth-order valence-electron chi connectivity index (χ4n) is 3.00. The zero-order chi connectivity index (χ0) is 17.2. The number of quaternary nitrogens is 1. The molecule has 1 aliphatic heterocycles. The third kappa shape index (κ3) is 6.84. The van der Waals surface area contributed by atoms with Crippen LogP contribution in [0.3, 0.4) is 0 Å². The first-order valence-corrected chi connectivity index (χ1v) is 9.07. The van der Waals surface area contributed by atoms with E-state index in [0.29, 0.717) is 24.1 Å². The van der Waals surface area contributed by atoms with Gasteiger partial charge in [-0.1, -0.05) is 30.3 Å². The summed E-state index contributed by atoms with van der Waals surface area (Å²) in [6.45, 7) is 4.12. The summed E-state index contributed by atoms with van der Waals surface area (Å²) in [5.74, 6) is -0.176. The van der Waals surface area contributed by atoms with Gasteiger partial charge in [0.15, 0.2) is 5.11 Å². The Hall–Kier alpha value is -1.66. The number of hydrogen-bond donors (Lipinski definition) is 3. The Kier molecular flexibility index (Phi) is 7.98. The van der Waals surface area contributed by atoms with E-state index in [-0.39, 0.29) is 5.97 Å². The molecule has 6 heteroatoms. The monoisotopic (exact) mass is 350 g/mol. The molecule has 1 aromatic carbocycles. The molecule has 1 fully saturated rings. The van der Waals surface area contributed by atoms with Gasteiger partial charge in [-0.05, 0) is 18.6 Å². The summed E-state index contributed by atoms with van der Waals surface area (Å²) in [4.78, 5) is 12.7. The maximum atomic E-state index is 11.0. The molecule has 0 saturated carbocycles. The molecule has 24 heavy (non-hydrogen) atoms. The second-order valence-electron chi connectivity index (χ2n) is 6.27. The molecule has 0 aromatic heterocycles. The van der Waals surface area contributed by atoms with Crippen molar-refractivity contribution in [3.8, 4) is 0 Å². The number of ether oxygens (including phenoxy) is 1. The van der Waals surface area contributed by atoms with Gasteiger partial charge in [-0.25, -0.2) is 0 Å². The van der Waals surface area contributed by atoms with Crippen molar-refractivity contribution in [2.24, 2.45) is 0 Å². The topological polar surface area (TPSA) is 54.8 Å². The van der Waals surface area contributed by atoms with E-state index in [1.54, 1.807) is 4.90 Å². The number of methoxy groups -OCH3 is 1. The van der Waals surface area contributed by atoms with Gasteiger partial charge in [0.05, 0.1) is 20.2 Å². The van der Waals surface area contributed by atoms with Gasteiger partial charge in [0.2, 0.25) is 0 Å². The fraction of sp³-hybridized carbons (Fsp3) is 0.556. The predicted octanol–water partition coefficient (Wildman–Crippen LogP) is 0.651. The lowest BCUT2D eigenvalue weighted by molar-refractivity contribution is -0.918. The maximum absolute atomic E-state index is 11.0. The Morgan fingerprint density at radius 1 is 1.29 bits per heavy atom. The highest BCUT2D eigenvalue weighted by Gasteiger charge is 2.22. The van der Waals surface area contributed by atoms with Crippen LogP contribution in [-0.2, 0) is 16.1 Å². The summed E-state index contributed by atoms with van der Waals surface area (Å²) in [6.07, 6.45) is 3.42. The first-order valence-electron chi connectivity index (χ1n) is 8.66. The molecule has 1 aliphatic rings. The molecular formula is C18H28N3O2S+. The Morgan fingerprint density at radius 3 is 2.67 bits per heavy atom. The summed E-state index contributed by atoms with van der Waals surface area (Å²) in [5.41, 5.74) is 1.40. The van der Waals surface area contributed by atoms with E-state index in [1.165, 1.54) is 12.7 Å². The van der Waals surface area contributed by atoms with Gasteiger partial charge in [-0.15, -0.1) is 0 Å². The van der Waals surface area contributed by atoms with E-state index in [4.69, 9.17) is 12.2 Å². The zero-order valence-corrected chi connectivity index (χ0v) is 15.2. The van der Waals surface area contributed by atoms with Crippen LogP contribution in [0.4, 0.5) is 0 Å². The lowest BCUT2D eigenvalue weighted by atomic mass is 10.0. The van der Waals surface area contributed by atoms with Crippen molar-refractivity contribution in [2.75, 3.05) is 26.7 Å². The van der Waals surface area contributed by atoms with Crippen LogP contribution in [0, 0.1) is 0 Å². The third-order valence-electron chi connectivity index (χ3n) is 4.40. The van der Waals surface area contributed by atoms with E-state index in [9.17, 15) is 4.79 Å². The molecule has 132 valence electrons. The summed E-state index contributed by atoms with van der Waals surface area (Å²) in [7, 11) is 1.41. The molecule has 0 spiro atoms. The molecule has 1 saturated heterocycles. The molecule has 3 N–H and O–H groups in total. The number of carbonyl (C=O) groups is 1. The van der Waals surface area contributed by atoms with Gasteiger partial charge in [0, 0.05) is 37.4 Å². The second-order valence-corrected chi connectivity index (χ2v) is 6.67. The van der Waals surface area contributed by atoms with E-state index in [1.807, 2.05) is 0 Å². The average molecular weight is 351 g/mol. The molecule has 0 amide bonds. The minimum Gasteiger partial charge on any atom is -0.469 e. The Morgan fingerprint density at radius 2 is 2.00 bits per heavy atom. The van der Waals surface area contributed by atoms with Crippen LogP contribution in [0.2, 0.25) is 0 Å². The fourth-order valence-corrected chi connectivity index (χ4v) is 3.27. The van der Waals surface area contributed by atoms with Gasteiger partial charge in [0.1, 0.15) is 6.54 Å². The van der Waals surface area contributed by atoms with Gasteiger partial charge in [0.25, 0.3) is 0 Å². The van der Waals surface area contributed by atoms with Crippen molar-refractivity contribution in [1.82, 2.24) is 10.6 Å². The average Bonchev–Trinajstić information content (AvgIpc) is 2.61. The molecule has 0 unspecified atom stereocenters. The normalized spacial score (nSPS) is 20.2. The van der Waals surface area contributed by atoms with Crippen LogP contribution in [0.5, 0.6) is 0 Å². The molecule has 0 bridgehead atoms. The molecule has 2 rings (SSSR count). The van der Waals surface area contributed by atoms with E-state index in [2.05, 4.69) is 45.7 Å². The minimum absolute atomic E-state index is 0.176. The van der Waals surface area contributed by atoms with Crippen molar-refractivity contribution in [3.63, 3.8) is 0 Å². The lowest BCUT2D eigenvalue weighted by Gasteiger charge is -2.30. The van der Waals surface area contributed by atoms with Gasteiger partial charge < -0.3 is 20.3 Å². The van der Waals surface area contributed by atoms with Crippen LogP contribution in [0.25, 0.3) is 0 Å². The highest BCUT2D eigenvalue weighted by atomic mass is 32.1. The van der Waals surface area contributed by atoms with Crippen molar-refractivity contribution in [1.29, 1.82) is 0 Å². The quantitative estimate of drug-likeness (QED) is 0.383. The van der Waals surface area contributed by atoms with Crippen LogP contribution in [-0.4, -0.2) is 43.9 Å². The molecule has 1 heterocycles. The Labute approximate surface area is 149 Å². The van der Waals surface area contributed by atoms with E-state index in [0.717, 1.165) is 38.9 Å². The molecule has 5 nitrogen and oxygen atoms in total. The lowest BCUT2D eigenvalue weighted by Crippen LogP contribution is -3.12. The van der Waals surface area contributed by atoms with Crippen molar-refractivity contribution in [2.45, 2.75) is 38.3 Å². The summed E-state index contributed by atoms with van der Waals surface area (Å²) < 4.78 is 4.61. The number of rotatable bonds is 7. The van der Waals surface area contributed by atoms with Gasteiger partial charge >= 0.3 is 5.97 Å². The minimum atomic E-state index is -0.176. The zero-order valence-electron chi connectivity index (χ0n) is 14.3. The number of hydrogen-bond acceptors (Lipinski definition) is 3. The van der Waals surface area contributed by atoms with Gasteiger partial charge in [-0.2, -0.15) is 0 Å². The number of likely N-dealkylation sites (tertiary alicyclic amines) is 1. The first-order chi connectivity index (χ1) is 11.7. The smallest absolute Gasteiger partial charge is 0.305 e. The van der Waals surface area contributed by atoms with Crippen LogP contribution >= 0.6 is 12.2 Å². The highest BCUT2D eigenvalue weighted by Crippen LogP contribution is 2.02. The van der Waals surface area contributed by atoms with E-state index >= 15 is 0 Å². The van der Waals surface area contributed by atoms with Crippen molar-refractivity contribution in [3.05, 3.63) is 35.9 Å². The second kappa shape index (κ2) is 10.3. The van der Waals surface area contributed by atoms with Crippen LogP contribution in [0.15, 0.2) is 30.3 Å². The number of nitrogens with one attached hydrogen (secondary N) is 3. The largest absolute Gasteiger partial charge is 0.469 e. The number of carbonyl (C=O) groups excluding carboxylic acids is 1. The Bertz CT molecular complexity index is 516. The molecule has 0 atom stereocenters. The standard InChI is InChI=1S/C18H27N3O2S/c1-23-17(22)8-5-11-19-18(24)20-16-9-12-21(13-10-16)14-15-6-3-2-4-7-15/h2-4,6-7,16H,5,8-14H2,1H3,(H2,19,20,24)/p+1. The summed E-state index contributed by atoms with van der Waals surface area (Å²) in [5, 5.41) is 7.25. The summed E-state index contributed by atoms with van der Waals surface area (Å²) in [6, 6.07) is 11.1. The predicted molar refractivity (Wildman–Crippen MR) is 98.9 cm³/mol. The maximum Gasteiger partial charge on any atom is 0.305 e. The third-order valence-corrected chi connectivity index (χ3v) is 4.66. The van der Waals surface area contributed by atoms with Crippen molar-refractivity contribution < 1.29 is 14.4 Å². The molecule has 0 aliphatic carbocycles. The van der Waals surface area contributed by atoms with Crippen LogP contribution in [0.1, 0.15) is 31.2 Å². The molecule has 1 aromatic rings. The Balaban J connectivity index is 1.58. The van der Waals surface area contributed by atoms with Gasteiger partial charge in [-0.3, -0.25) is 4.79 Å². The summed E-state index contributed by atoms with van der Waals surface area (Å²) >= 11 is 5.33. The molecule has 0 radical (unpaired) electrons. The van der Waals surface area contributed by atoms with Crippen LogP contribution < -0.4 is 15.5 Å². The molecular weight excluding hydrogens is 322 g/mol. The first kappa shape index (κ1) is 18.7. The number of esters is 1. The highest BCUT2D eigenvalue weighted by molar-refractivity contribution is 7.80. The SMILES string of the molecule is COC(=O)CCCNC(=S)NC1CC[NH+](Cc2ccccc2)CC1.